The zero-order valence-electron chi connectivity index (χ0n) is 13.0. The molecule has 5 heteroatoms. The Morgan fingerprint density at radius 2 is 2.24 bits per heavy atom. The van der Waals surface area contributed by atoms with Crippen LogP contribution in [-0.2, 0) is 6.54 Å². The molecule has 0 radical (unpaired) electrons. The second-order valence-corrected chi connectivity index (χ2v) is 6.00. The molecule has 0 amide bonds. The molecule has 1 heterocycles. The molecule has 0 spiro atoms. The summed E-state index contributed by atoms with van der Waals surface area (Å²) in [4.78, 5) is 8.61. The van der Waals surface area contributed by atoms with Gasteiger partial charge in [0.2, 0.25) is 5.88 Å². The van der Waals surface area contributed by atoms with Crippen LogP contribution in [0.2, 0.25) is 0 Å². The van der Waals surface area contributed by atoms with Gasteiger partial charge >= 0.3 is 0 Å². The molecule has 5 nitrogen and oxygen atoms in total. The lowest BCUT2D eigenvalue weighted by molar-refractivity contribution is 0.201. The number of nitrogens with zero attached hydrogens (tertiary/aromatic N) is 2. The maximum atomic E-state index is 5.90. The Balaban J connectivity index is 1.86. The van der Waals surface area contributed by atoms with E-state index in [-0.39, 0.29) is 0 Å². The molecule has 1 aliphatic rings. The van der Waals surface area contributed by atoms with Crippen LogP contribution >= 0.6 is 0 Å². The maximum absolute atomic E-state index is 5.90. The minimum atomic E-state index is 0.328. The second kappa shape index (κ2) is 7.86. The van der Waals surface area contributed by atoms with E-state index in [0.717, 1.165) is 24.9 Å². The normalized spacial score (nSPS) is 16.4. The van der Waals surface area contributed by atoms with E-state index in [9.17, 15) is 0 Å². The van der Waals surface area contributed by atoms with E-state index in [1.165, 1.54) is 12.8 Å². The van der Waals surface area contributed by atoms with E-state index in [1.807, 2.05) is 12.1 Å². The first-order chi connectivity index (χ1) is 10.1. The molecule has 0 unspecified atom stereocenters. The number of rotatable bonds is 6. The third-order valence-electron chi connectivity index (χ3n) is 3.51. The Morgan fingerprint density at radius 1 is 1.48 bits per heavy atom. The van der Waals surface area contributed by atoms with Crippen molar-refractivity contribution in [3.05, 3.63) is 23.9 Å². The summed E-state index contributed by atoms with van der Waals surface area (Å²) in [6.07, 6.45) is 6.88. The van der Waals surface area contributed by atoms with E-state index in [1.54, 1.807) is 6.20 Å². The summed E-state index contributed by atoms with van der Waals surface area (Å²) >= 11 is 0. The predicted molar refractivity (Wildman–Crippen MR) is 85.3 cm³/mol. The van der Waals surface area contributed by atoms with Crippen LogP contribution in [-0.4, -0.2) is 23.6 Å². The molecule has 0 aromatic carbocycles. The fourth-order valence-electron chi connectivity index (χ4n) is 2.33. The van der Waals surface area contributed by atoms with E-state index in [4.69, 9.17) is 10.5 Å². The summed E-state index contributed by atoms with van der Waals surface area (Å²) in [5, 5.41) is 3.11. The van der Waals surface area contributed by atoms with Crippen molar-refractivity contribution in [1.29, 1.82) is 0 Å². The Bertz CT molecular complexity index is 467. The molecule has 1 aliphatic carbocycles. The average Bonchev–Trinajstić information content (AvgIpc) is 2.96. The molecule has 3 N–H and O–H groups in total. The Kier molecular flexibility index (Phi) is 5.84. The average molecular weight is 290 g/mol. The lowest BCUT2D eigenvalue weighted by Crippen LogP contribution is -2.34. The van der Waals surface area contributed by atoms with E-state index in [2.05, 4.69) is 29.1 Å². The van der Waals surface area contributed by atoms with Gasteiger partial charge < -0.3 is 15.8 Å². The summed E-state index contributed by atoms with van der Waals surface area (Å²) < 4.78 is 5.90. The van der Waals surface area contributed by atoms with Crippen molar-refractivity contribution >= 4 is 5.96 Å². The van der Waals surface area contributed by atoms with Crippen molar-refractivity contribution in [3.8, 4) is 5.88 Å². The SMILES string of the molecule is CC(C)CNC(N)=NCc1ccnc(OC2CCCC2)c1. The Labute approximate surface area is 127 Å². The first kappa shape index (κ1) is 15.6. The number of nitrogens with one attached hydrogen (secondary N) is 1. The highest BCUT2D eigenvalue weighted by Crippen LogP contribution is 2.23. The van der Waals surface area contributed by atoms with Crippen LogP contribution in [0.15, 0.2) is 23.3 Å². The highest BCUT2D eigenvalue weighted by molar-refractivity contribution is 5.77. The maximum Gasteiger partial charge on any atom is 0.213 e. The molecule has 0 atom stereocenters. The molecule has 116 valence electrons. The summed E-state index contributed by atoms with van der Waals surface area (Å²) in [6.45, 7) is 5.65. The lowest BCUT2D eigenvalue weighted by atomic mass is 10.2. The topological polar surface area (TPSA) is 72.5 Å². The van der Waals surface area contributed by atoms with Crippen LogP contribution in [0.4, 0.5) is 0 Å². The van der Waals surface area contributed by atoms with Gasteiger partial charge in [-0.1, -0.05) is 13.8 Å². The fourth-order valence-corrected chi connectivity index (χ4v) is 2.33. The Hall–Kier alpha value is -1.78. The van der Waals surface area contributed by atoms with E-state index in [0.29, 0.717) is 30.4 Å². The van der Waals surface area contributed by atoms with Gasteiger partial charge in [-0.25, -0.2) is 9.98 Å². The van der Waals surface area contributed by atoms with Crippen LogP contribution < -0.4 is 15.8 Å². The van der Waals surface area contributed by atoms with Gasteiger partial charge in [0.25, 0.3) is 0 Å². The molecule has 2 rings (SSSR count). The highest BCUT2D eigenvalue weighted by Gasteiger charge is 2.16. The van der Waals surface area contributed by atoms with Crippen molar-refractivity contribution in [1.82, 2.24) is 10.3 Å². The van der Waals surface area contributed by atoms with Gasteiger partial charge in [-0.3, -0.25) is 0 Å². The number of pyridine rings is 1. The number of guanidine groups is 1. The summed E-state index contributed by atoms with van der Waals surface area (Å²) in [6, 6.07) is 3.90. The van der Waals surface area contributed by atoms with Gasteiger partial charge in [-0.05, 0) is 43.2 Å². The molecule has 1 saturated carbocycles. The number of aliphatic imine (C=N–C) groups is 1. The van der Waals surface area contributed by atoms with E-state index >= 15 is 0 Å². The van der Waals surface area contributed by atoms with E-state index < -0.39 is 0 Å². The minimum absolute atomic E-state index is 0.328. The molecule has 0 bridgehead atoms. The van der Waals surface area contributed by atoms with Crippen LogP contribution in [0.1, 0.15) is 45.1 Å². The van der Waals surface area contributed by atoms with Gasteiger partial charge in [-0.2, -0.15) is 0 Å². The van der Waals surface area contributed by atoms with Crippen molar-refractivity contribution in [2.45, 2.75) is 52.2 Å². The first-order valence-electron chi connectivity index (χ1n) is 7.79. The third-order valence-corrected chi connectivity index (χ3v) is 3.51. The first-order valence-corrected chi connectivity index (χ1v) is 7.79. The van der Waals surface area contributed by atoms with Crippen LogP contribution in [0, 0.1) is 5.92 Å². The molecular formula is C16H26N4O. The fraction of sp³-hybridized carbons (Fsp3) is 0.625. The second-order valence-electron chi connectivity index (χ2n) is 6.00. The standard InChI is InChI=1S/C16H26N4O/c1-12(2)10-19-16(17)20-11-13-7-8-18-15(9-13)21-14-5-3-4-6-14/h7-9,12,14H,3-6,10-11H2,1-2H3,(H3,17,19,20). The molecule has 1 aromatic rings. The Morgan fingerprint density at radius 3 is 2.95 bits per heavy atom. The zero-order chi connectivity index (χ0) is 15.1. The smallest absolute Gasteiger partial charge is 0.213 e. The monoisotopic (exact) mass is 290 g/mol. The van der Waals surface area contributed by atoms with Crippen molar-refractivity contribution in [2.75, 3.05) is 6.54 Å². The quantitative estimate of drug-likeness (QED) is 0.623. The predicted octanol–water partition coefficient (Wildman–Crippen LogP) is 2.46. The van der Waals surface area contributed by atoms with Crippen LogP contribution in [0.3, 0.4) is 0 Å². The molecule has 1 aromatic heterocycles. The highest BCUT2D eigenvalue weighted by atomic mass is 16.5. The lowest BCUT2D eigenvalue weighted by Gasteiger charge is -2.12. The van der Waals surface area contributed by atoms with Gasteiger partial charge in [-0.15, -0.1) is 0 Å². The number of aromatic nitrogens is 1. The van der Waals surface area contributed by atoms with Crippen molar-refractivity contribution in [2.24, 2.45) is 16.6 Å². The van der Waals surface area contributed by atoms with Crippen LogP contribution in [0.25, 0.3) is 0 Å². The molecule has 0 aliphatic heterocycles. The molecular weight excluding hydrogens is 264 g/mol. The number of hydrogen-bond acceptors (Lipinski definition) is 3. The number of nitrogens with two attached hydrogens (primary N) is 1. The molecule has 21 heavy (non-hydrogen) atoms. The van der Waals surface area contributed by atoms with Crippen molar-refractivity contribution in [3.63, 3.8) is 0 Å². The summed E-state index contributed by atoms with van der Waals surface area (Å²) in [5.74, 6) is 1.73. The summed E-state index contributed by atoms with van der Waals surface area (Å²) in [7, 11) is 0. The van der Waals surface area contributed by atoms with Crippen LogP contribution in [0.5, 0.6) is 5.88 Å². The van der Waals surface area contributed by atoms with Gasteiger partial charge in [0.05, 0.1) is 6.54 Å². The summed E-state index contributed by atoms with van der Waals surface area (Å²) in [5.41, 5.74) is 6.89. The third kappa shape index (κ3) is 5.61. The van der Waals surface area contributed by atoms with Gasteiger partial charge in [0.15, 0.2) is 5.96 Å². The van der Waals surface area contributed by atoms with Gasteiger partial charge in [0.1, 0.15) is 6.10 Å². The number of hydrogen-bond donors (Lipinski definition) is 2. The largest absolute Gasteiger partial charge is 0.474 e. The van der Waals surface area contributed by atoms with Crippen molar-refractivity contribution < 1.29 is 4.74 Å². The van der Waals surface area contributed by atoms with Gasteiger partial charge in [0, 0.05) is 18.8 Å². The molecule has 1 fully saturated rings. The zero-order valence-corrected chi connectivity index (χ0v) is 13.0. The minimum Gasteiger partial charge on any atom is -0.474 e. The molecule has 0 saturated heterocycles. The number of ether oxygens (including phenoxy) is 1.